The van der Waals surface area contributed by atoms with Crippen LogP contribution in [-0.4, -0.2) is 12.3 Å². The normalized spacial score (nSPS) is 10.8. The Kier molecular flexibility index (Phi) is 3.57. The van der Waals surface area contributed by atoms with Crippen LogP contribution in [0.5, 0.6) is 5.75 Å². The highest BCUT2D eigenvalue weighted by molar-refractivity contribution is 7.13. The highest BCUT2D eigenvalue weighted by Crippen LogP contribution is 2.42. The number of thiophene rings is 1. The van der Waals surface area contributed by atoms with Gasteiger partial charge >= 0.3 is 0 Å². The van der Waals surface area contributed by atoms with Crippen molar-refractivity contribution in [2.24, 2.45) is 0 Å². The van der Waals surface area contributed by atoms with Crippen molar-refractivity contribution in [3.05, 3.63) is 40.5 Å². The number of nitrogen functional groups attached to an aromatic ring is 1. The first kappa shape index (κ1) is 13.9. The number of hydrogen-bond donors (Lipinski definition) is 1. The highest BCUT2D eigenvalue weighted by atomic mass is 35.5. The van der Waals surface area contributed by atoms with Gasteiger partial charge in [0.05, 0.1) is 22.6 Å². The summed E-state index contributed by atoms with van der Waals surface area (Å²) in [6.07, 6.45) is 0. The first-order valence-corrected chi connectivity index (χ1v) is 7.19. The molecule has 3 aromatic rings. The lowest BCUT2D eigenvalue weighted by Crippen LogP contribution is -1.90. The van der Waals surface area contributed by atoms with Crippen LogP contribution in [-0.2, 0) is 0 Å². The van der Waals surface area contributed by atoms with Gasteiger partial charge in [-0.05, 0) is 18.2 Å². The van der Waals surface area contributed by atoms with Crippen LogP contribution in [0.15, 0.2) is 34.2 Å². The van der Waals surface area contributed by atoms with Gasteiger partial charge in [0, 0.05) is 17.0 Å². The van der Waals surface area contributed by atoms with Gasteiger partial charge in [-0.2, -0.15) is 0 Å². The number of anilines is 1. The molecule has 0 amide bonds. The van der Waals surface area contributed by atoms with E-state index in [1.165, 1.54) is 23.5 Å². The summed E-state index contributed by atoms with van der Waals surface area (Å²) in [6, 6.07) is 5.90. The molecule has 0 aliphatic heterocycles. The van der Waals surface area contributed by atoms with E-state index in [1.54, 1.807) is 13.2 Å². The van der Waals surface area contributed by atoms with Gasteiger partial charge in [0.1, 0.15) is 11.6 Å². The fourth-order valence-electron chi connectivity index (χ4n) is 1.97. The Bertz CT molecular complexity index is 800. The second kappa shape index (κ2) is 5.38. The van der Waals surface area contributed by atoms with Gasteiger partial charge in [0.2, 0.25) is 0 Å². The number of hydrogen-bond acceptors (Lipinski definition) is 5. The molecular formula is C14H10ClFN2O2S. The summed E-state index contributed by atoms with van der Waals surface area (Å²) in [4.78, 5) is 0.798. The molecule has 3 rings (SSSR count). The number of halogens is 2. The average molecular weight is 325 g/mol. The van der Waals surface area contributed by atoms with Crippen molar-refractivity contribution in [1.29, 1.82) is 0 Å². The Morgan fingerprint density at radius 1 is 1.38 bits per heavy atom. The van der Waals surface area contributed by atoms with Crippen molar-refractivity contribution in [3.63, 3.8) is 0 Å². The van der Waals surface area contributed by atoms with Crippen molar-refractivity contribution >= 4 is 28.8 Å². The zero-order chi connectivity index (χ0) is 15.0. The maximum Gasteiger partial charge on any atom is 0.187 e. The molecule has 2 aromatic heterocycles. The molecule has 0 fully saturated rings. The van der Waals surface area contributed by atoms with E-state index < -0.39 is 5.82 Å². The first-order valence-electron chi connectivity index (χ1n) is 5.93. The zero-order valence-corrected chi connectivity index (χ0v) is 12.5. The molecule has 21 heavy (non-hydrogen) atoms. The maximum atomic E-state index is 13.2. The summed E-state index contributed by atoms with van der Waals surface area (Å²) in [7, 11) is 1.58. The first-order chi connectivity index (χ1) is 10.1. The quantitative estimate of drug-likeness (QED) is 0.773. The predicted molar refractivity (Wildman–Crippen MR) is 81.2 cm³/mol. The molecule has 108 valence electrons. The van der Waals surface area contributed by atoms with Crippen LogP contribution in [0.3, 0.4) is 0 Å². The molecule has 7 heteroatoms. The number of benzene rings is 1. The summed E-state index contributed by atoms with van der Waals surface area (Å²) in [5.74, 6) is 0.972. The molecule has 4 nitrogen and oxygen atoms in total. The van der Waals surface area contributed by atoms with Crippen LogP contribution < -0.4 is 10.5 Å². The molecule has 0 aliphatic rings. The summed E-state index contributed by atoms with van der Waals surface area (Å²) >= 11 is 7.53. The fraction of sp³-hybridized carbons (Fsp3) is 0.0714. The Morgan fingerprint density at radius 3 is 2.86 bits per heavy atom. The number of nitrogens with two attached hydrogens (primary N) is 1. The lowest BCUT2D eigenvalue weighted by atomic mass is 10.0. The highest BCUT2D eigenvalue weighted by Gasteiger charge is 2.21. The topological polar surface area (TPSA) is 61.3 Å². The van der Waals surface area contributed by atoms with Crippen molar-refractivity contribution in [2.75, 3.05) is 12.8 Å². The molecule has 0 unspecified atom stereocenters. The summed E-state index contributed by atoms with van der Waals surface area (Å²) in [5, 5.41) is 5.87. The summed E-state index contributed by atoms with van der Waals surface area (Å²) in [5.41, 5.74) is 6.99. The molecule has 0 spiro atoms. The molecule has 1 aromatic carbocycles. The van der Waals surface area contributed by atoms with Crippen molar-refractivity contribution in [1.82, 2.24) is 5.16 Å². The van der Waals surface area contributed by atoms with Gasteiger partial charge in [0.25, 0.3) is 0 Å². The smallest absolute Gasteiger partial charge is 0.187 e. The number of methoxy groups -OCH3 is 1. The molecule has 0 saturated carbocycles. The Labute approximate surface area is 128 Å². The van der Waals surface area contributed by atoms with Crippen LogP contribution in [0.1, 0.15) is 0 Å². The predicted octanol–water partition coefficient (Wildman–Crippen LogP) is 4.45. The van der Waals surface area contributed by atoms with E-state index in [-0.39, 0.29) is 10.8 Å². The Balaban J connectivity index is 2.17. The SMILES string of the molecule is COc1csc(-c2onc(N)c2-c2ccc(F)cc2Cl)c1. The van der Waals surface area contributed by atoms with Crippen molar-refractivity contribution in [3.8, 4) is 27.5 Å². The van der Waals surface area contributed by atoms with E-state index in [1.807, 2.05) is 11.4 Å². The number of aromatic nitrogens is 1. The van der Waals surface area contributed by atoms with Gasteiger partial charge in [-0.3, -0.25) is 0 Å². The van der Waals surface area contributed by atoms with Gasteiger partial charge in [0.15, 0.2) is 11.6 Å². The lowest BCUT2D eigenvalue weighted by molar-refractivity contribution is 0.416. The molecule has 0 bridgehead atoms. The maximum absolute atomic E-state index is 13.2. The summed E-state index contributed by atoms with van der Waals surface area (Å²) < 4.78 is 23.6. The monoisotopic (exact) mass is 324 g/mol. The third-order valence-corrected chi connectivity index (χ3v) is 4.17. The lowest BCUT2D eigenvalue weighted by Gasteiger charge is -2.04. The standard InChI is InChI=1S/C14H10ClFN2O2S/c1-19-8-5-11(21-6-8)13-12(14(17)18-20-13)9-3-2-7(16)4-10(9)15/h2-6H,1H3,(H2,17,18). The Morgan fingerprint density at radius 2 is 2.19 bits per heavy atom. The van der Waals surface area contributed by atoms with Crippen LogP contribution in [0.25, 0.3) is 21.8 Å². The van der Waals surface area contributed by atoms with Gasteiger partial charge in [-0.1, -0.05) is 16.8 Å². The van der Waals surface area contributed by atoms with Crippen LogP contribution in [0.2, 0.25) is 5.02 Å². The van der Waals surface area contributed by atoms with Crippen LogP contribution in [0.4, 0.5) is 10.2 Å². The molecule has 2 N–H and O–H groups in total. The molecule has 2 heterocycles. The average Bonchev–Trinajstić information content (AvgIpc) is 3.06. The van der Waals surface area contributed by atoms with E-state index in [0.29, 0.717) is 22.6 Å². The van der Waals surface area contributed by atoms with Crippen molar-refractivity contribution < 1.29 is 13.7 Å². The summed E-state index contributed by atoms with van der Waals surface area (Å²) in [6.45, 7) is 0. The van der Waals surface area contributed by atoms with Crippen molar-refractivity contribution in [2.45, 2.75) is 0 Å². The number of ether oxygens (including phenoxy) is 1. The number of rotatable bonds is 3. The fourth-order valence-corrected chi connectivity index (χ4v) is 3.07. The third-order valence-electron chi connectivity index (χ3n) is 2.95. The second-order valence-electron chi connectivity index (χ2n) is 4.25. The van der Waals surface area contributed by atoms with Crippen LogP contribution >= 0.6 is 22.9 Å². The van der Waals surface area contributed by atoms with E-state index >= 15 is 0 Å². The molecule has 0 saturated heterocycles. The minimum Gasteiger partial charge on any atom is -0.496 e. The van der Waals surface area contributed by atoms with E-state index in [0.717, 1.165) is 4.88 Å². The van der Waals surface area contributed by atoms with E-state index in [9.17, 15) is 4.39 Å². The van der Waals surface area contributed by atoms with Crippen LogP contribution in [0, 0.1) is 5.82 Å². The molecule has 0 radical (unpaired) electrons. The minimum atomic E-state index is -0.418. The number of nitrogens with zero attached hydrogens (tertiary/aromatic N) is 1. The molecular weight excluding hydrogens is 315 g/mol. The molecule has 0 atom stereocenters. The zero-order valence-electron chi connectivity index (χ0n) is 10.9. The third kappa shape index (κ3) is 2.48. The largest absolute Gasteiger partial charge is 0.496 e. The van der Waals surface area contributed by atoms with E-state index in [4.69, 9.17) is 26.6 Å². The van der Waals surface area contributed by atoms with Gasteiger partial charge in [-0.25, -0.2) is 4.39 Å². The minimum absolute atomic E-state index is 0.200. The second-order valence-corrected chi connectivity index (χ2v) is 5.57. The Hall–Kier alpha value is -2.05. The van der Waals surface area contributed by atoms with E-state index in [2.05, 4.69) is 5.16 Å². The van der Waals surface area contributed by atoms with Gasteiger partial charge in [-0.15, -0.1) is 11.3 Å². The van der Waals surface area contributed by atoms with Gasteiger partial charge < -0.3 is 15.0 Å². The molecule has 0 aliphatic carbocycles.